The minimum absolute atomic E-state index is 0.0492. The molecule has 0 unspecified atom stereocenters. The zero-order chi connectivity index (χ0) is 15.9. The number of likely N-dealkylation sites (N-methyl/N-ethyl adjacent to an activating group) is 1. The van der Waals surface area contributed by atoms with Crippen LogP contribution in [0.15, 0.2) is 24.3 Å². The first-order chi connectivity index (χ1) is 10.6. The molecule has 2 rings (SSSR count). The van der Waals surface area contributed by atoms with Gasteiger partial charge in [0.1, 0.15) is 0 Å². The molecule has 0 bridgehead atoms. The topological polar surface area (TPSA) is 38.8 Å². The van der Waals surface area contributed by atoms with Gasteiger partial charge in [0.2, 0.25) is 0 Å². The van der Waals surface area contributed by atoms with Crippen LogP contribution in [0.3, 0.4) is 0 Å². The Morgan fingerprint density at radius 2 is 1.68 bits per heavy atom. The van der Waals surface area contributed by atoms with Gasteiger partial charge in [0.15, 0.2) is 0 Å². The quantitative estimate of drug-likeness (QED) is 0.898. The molecule has 5 heteroatoms. The van der Waals surface area contributed by atoms with E-state index in [-0.39, 0.29) is 6.03 Å². The molecule has 0 saturated carbocycles. The average Bonchev–Trinajstić information content (AvgIpc) is 2.53. The van der Waals surface area contributed by atoms with E-state index in [1.165, 1.54) is 5.56 Å². The van der Waals surface area contributed by atoms with Crippen molar-refractivity contribution < 1.29 is 4.79 Å². The molecule has 1 N–H and O–H groups in total. The summed E-state index contributed by atoms with van der Waals surface area (Å²) in [6.07, 6.45) is 0. The average molecular weight is 304 g/mol. The Morgan fingerprint density at radius 1 is 1.09 bits per heavy atom. The second-order valence-corrected chi connectivity index (χ2v) is 6.13. The van der Waals surface area contributed by atoms with Crippen molar-refractivity contribution in [3.05, 3.63) is 35.4 Å². The van der Waals surface area contributed by atoms with Crippen LogP contribution in [0.4, 0.5) is 4.79 Å². The molecule has 5 nitrogen and oxygen atoms in total. The van der Waals surface area contributed by atoms with E-state index in [0.29, 0.717) is 6.54 Å². The number of rotatable bonds is 5. The van der Waals surface area contributed by atoms with Crippen molar-refractivity contribution >= 4 is 6.03 Å². The monoisotopic (exact) mass is 304 g/mol. The van der Waals surface area contributed by atoms with E-state index in [0.717, 1.165) is 44.8 Å². The fourth-order valence-corrected chi connectivity index (χ4v) is 2.68. The molecule has 1 aliphatic rings. The Balaban J connectivity index is 1.76. The van der Waals surface area contributed by atoms with Gasteiger partial charge in [0.25, 0.3) is 0 Å². The third kappa shape index (κ3) is 5.00. The Labute approximate surface area is 133 Å². The fourth-order valence-electron chi connectivity index (χ4n) is 2.68. The molecule has 0 atom stereocenters. The zero-order valence-electron chi connectivity index (χ0n) is 14.0. The van der Waals surface area contributed by atoms with Gasteiger partial charge < -0.3 is 20.0 Å². The number of urea groups is 1. The number of hydrogen-bond acceptors (Lipinski definition) is 3. The molecule has 0 radical (unpaired) electrons. The highest BCUT2D eigenvalue weighted by Gasteiger charge is 2.19. The maximum atomic E-state index is 12.2. The van der Waals surface area contributed by atoms with E-state index in [4.69, 9.17) is 0 Å². The van der Waals surface area contributed by atoms with Crippen LogP contribution >= 0.6 is 0 Å². The molecule has 2 amide bonds. The zero-order valence-corrected chi connectivity index (χ0v) is 14.0. The van der Waals surface area contributed by atoms with Crippen LogP contribution in [0.25, 0.3) is 0 Å². The number of carbonyl (C=O) groups excluding carboxylic acids is 1. The van der Waals surface area contributed by atoms with Gasteiger partial charge in [0, 0.05) is 39.3 Å². The maximum absolute atomic E-state index is 12.2. The van der Waals surface area contributed by atoms with Crippen LogP contribution in [0.5, 0.6) is 0 Å². The number of nitrogens with zero attached hydrogens (tertiary/aromatic N) is 3. The van der Waals surface area contributed by atoms with Crippen molar-refractivity contribution in [1.29, 1.82) is 0 Å². The van der Waals surface area contributed by atoms with Gasteiger partial charge in [-0.2, -0.15) is 0 Å². The third-order valence-corrected chi connectivity index (χ3v) is 4.07. The highest BCUT2D eigenvalue weighted by Crippen LogP contribution is 2.07. The third-order valence-electron chi connectivity index (χ3n) is 4.07. The van der Waals surface area contributed by atoms with Crippen molar-refractivity contribution in [3.8, 4) is 0 Å². The molecule has 1 aliphatic heterocycles. The molecule has 0 spiro atoms. The van der Waals surface area contributed by atoms with Crippen LogP contribution in [-0.4, -0.2) is 67.5 Å². The summed E-state index contributed by atoms with van der Waals surface area (Å²) in [6.45, 7) is 8.35. The molecule has 0 aromatic heterocycles. The summed E-state index contributed by atoms with van der Waals surface area (Å²) in [5.41, 5.74) is 2.43. The van der Waals surface area contributed by atoms with Crippen LogP contribution in [0, 0.1) is 0 Å². The van der Waals surface area contributed by atoms with Gasteiger partial charge >= 0.3 is 6.03 Å². The van der Waals surface area contributed by atoms with Gasteiger partial charge in [0.05, 0.1) is 0 Å². The first-order valence-corrected chi connectivity index (χ1v) is 8.06. The number of amides is 2. The first kappa shape index (κ1) is 16.8. The summed E-state index contributed by atoms with van der Waals surface area (Å²) < 4.78 is 0. The molecule has 1 heterocycles. The van der Waals surface area contributed by atoms with E-state index in [9.17, 15) is 4.79 Å². The number of carbonyl (C=O) groups is 1. The lowest BCUT2D eigenvalue weighted by atomic mass is 10.1. The van der Waals surface area contributed by atoms with Crippen LogP contribution in [-0.2, 0) is 13.1 Å². The van der Waals surface area contributed by atoms with E-state index in [1.54, 1.807) is 0 Å². The predicted molar refractivity (Wildman–Crippen MR) is 89.8 cm³/mol. The second-order valence-electron chi connectivity index (χ2n) is 6.13. The van der Waals surface area contributed by atoms with Gasteiger partial charge in [-0.25, -0.2) is 4.79 Å². The van der Waals surface area contributed by atoms with E-state index >= 15 is 0 Å². The van der Waals surface area contributed by atoms with Crippen LogP contribution < -0.4 is 5.32 Å². The predicted octanol–water partition coefficient (Wildman–Crippen LogP) is 1.60. The Hall–Kier alpha value is -1.59. The summed E-state index contributed by atoms with van der Waals surface area (Å²) in [5, 5.41) is 3.02. The van der Waals surface area contributed by atoms with Crippen LogP contribution in [0.2, 0.25) is 0 Å². The van der Waals surface area contributed by atoms with Crippen molar-refractivity contribution in [1.82, 2.24) is 20.0 Å². The Kier molecular flexibility index (Phi) is 6.21. The highest BCUT2D eigenvalue weighted by molar-refractivity contribution is 5.74. The lowest BCUT2D eigenvalue weighted by molar-refractivity contribution is 0.142. The SMILES string of the molecule is CCN1CCN(C(=O)NCc2ccc(CN(C)C)cc2)CC1. The molecule has 1 fully saturated rings. The second kappa shape index (κ2) is 8.15. The summed E-state index contributed by atoms with van der Waals surface area (Å²) in [6, 6.07) is 8.48. The minimum atomic E-state index is 0.0492. The Morgan fingerprint density at radius 3 is 2.23 bits per heavy atom. The summed E-state index contributed by atoms with van der Waals surface area (Å²) in [7, 11) is 4.12. The first-order valence-electron chi connectivity index (χ1n) is 8.06. The lowest BCUT2D eigenvalue weighted by Crippen LogP contribution is -2.51. The summed E-state index contributed by atoms with van der Waals surface area (Å²) >= 11 is 0. The molecule has 1 aromatic rings. The van der Waals surface area contributed by atoms with Gasteiger partial charge in [-0.05, 0) is 31.8 Å². The summed E-state index contributed by atoms with van der Waals surface area (Å²) in [4.78, 5) is 18.6. The molecule has 1 aromatic carbocycles. The molecule has 1 saturated heterocycles. The van der Waals surface area contributed by atoms with Gasteiger partial charge in [-0.1, -0.05) is 31.2 Å². The van der Waals surface area contributed by atoms with Crippen molar-refractivity contribution in [3.63, 3.8) is 0 Å². The normalized spacial score (nSPS) is 16.1. The smallest absolute Gasteiger partial charge is 0.317 e. The largest absolute Gasteiger partial charge is 0.334 e. The molecule has 22 heavy (non-hydrogen) atoms. The molecular formula is C17H28N4O. The number of piperazine rings is 1. The van der Waals surface area contributed by atoms with Crippen molar-refractivity contribution in [2.75, 3.05) is 46.8 Å². The van der Waals surface area contributed by atoms with Gasteiger partial charge in [-0.15, -0.1) is 0 Å². The molecule has 0 aliphatic carbocycles. The molecular weight excluding hydrogens is 276 g/mol. The van der Waals surface area contributed by atoms with Crippen molar-refractivity contribution in [2.45, 2.75) is 20.0 Å². The fraction of sp³-hybridized carbons (Fsp3) is 0.588. The minimum Gasteiger partial charge on any atom is -0.334 e. The Bertz CT molecular complexity index is 464. The molecule has 122 valence electrons. The summed E-state index contributed by atoms with van der Waals surface area (Å²) in [5.74, 6) is 0. The van der Waals surface area contributed by atoms with E-state index < -0.39 is 0 Å². The van der Waals surface area contributed by atoms with Crippen molar-refractivity contribution in [2.24, 2.45) is 0 Å². The highest BCUT2D eigenvalue weighted by atomic mass is 16.2. The number of nitrogens with one attached hydrogen (secondary N) is 1. The standard InChI is InChI=1S/C17H28N4O/c1-4-20-9-11-21(12-10-20)17(22)18-13-15-5-7-16(8-6-15)14-19(2)3/h5-8H,4,9-14H2,1-3H3,(H,18,22). The van der Waals surface area contributed by atoms with E-state index in [1.807, 2.05) is 4.90 Å². The lowest BCUT2D eigenvalue weighted by Gasteiger charge is -2.34. The number of hydrogen-bond donors (Lipinski definition) is 1. The number of benzene rings is 1. The van der Waals surface area contributed by atoms with Gasteiger partial charge in [-0.3, -0.25) is 0 Å². The van der Waals surface area contributed by atoms with Crippen LogP contribution in [0.1, 0.15) is 18.1 Å². The maximum Gasteiger partial charge on any atom is 0.317 e. The van der Waals surface area contributed by atoms with E-state index in [2.05, 4.69) is 60.4 Å².